The van der Waals surface area contributed by atoms with Gasteiger partial charge in [-0.05, 0) is 59.4 Å². The lowest BCUT2D eigenvalue weighted by atomic mass is 9.74. The maximum Gasteiger partial charge on any atom is 0.227 e. The molecule has 1 unspecified atom stereocenters. The third kappa shape index (κ3) is 3.29. The maximum absolute atomic E-state index is 12.3. The first-order chi connectivity index (χ1) is 8.72. The number of nitrogens with zero attached hydrogens (tertiary/aromatic N) is 1. The predicted molar refractivity (Wildman–Crippen MR) is 77.8 cm³/mol. The fourth-order valence-electron chi connectivity index (χ4n) is 2.55. The number of carbonyl (C=O) groups excluding carboxylic acids is 1. The van der Waals surface area contributed by atoms with Crippen molar-refractivity contribution in [2.45, 2.75) is 58.5 Å². The maximum atomic E-state index is 12.3. The van der Waals surface area contributed by atoms with Crippen LogP contribution < -0.4 is 11.1 Å². The summed E-state index contributed by atoms with van der Waals surface area (Å²) >= 11 is 0. The van der Waals surface area contributed by atoms with E-state index >= 15 is 0 Å². The molecule has 2 fully saturated rings. The van der Waals surface area contributed by atoms with Gasteiger partial charge in [-0.25, -0.2) is 0 Å². The van der Waals surface area contributed by atoms with Crippen LogP contribution in [0.1, 0.15) is 47.0 Å². The standard InChI is InChI=1S/C15H29N3O/c1-14(2,15(3,4)16)13(19)17-9-11-7-8-18(10-11)12-5-6-12/h11-12H,5-10,16H2,1-4H3,(H,17,19). The first kappa shape index (κ1) is 14.8. The van der Waals surface area contributed by atoms with Crippen molar-refractivity contribution < 1.29 is 4.79 Å². The van der Waals surface area contributed by atoms with E-state index in [-0.39, 0.29) is 5.91 Å². The molecule has 110 valence electrons. The number of likely N-dealkylation sites (tertiary alicyclic amines) is 1. The molecule has 1 amide bonds. The zero-order valence-corrected chi connectivity index (χ0v) is 12.8. The van der Waals surface area contributed by atoms with Crippen LogP contribution in [0.2, 0.25) is 0 Å². The summed E-state index contributed by atoms with van der Waals surface area (Å²) in [6, 6.07) is 0.847. The summed E-state index contributed by atoms with van der Waals surface area (Å²) in [6.07, 6.45) is 3.95. The zero-order valence-electron chi connectivity index (χ0n) is 12.8. The van der Waals surface area contributed by atoms with Gasteiger partial charge in [-0.3, -0.25) is 4.79 Å². The Hall–Kier alpha value is -0.610. The summed E-state index contributed by atoms with van der Waals surface area (Å²) in [7, 11) is 0. The van der Waals surface area contributed by atoms with Crippen molar-refractivity contribution in [2.24, 2.45) is 17.1 Å². The molecule has 1 atom stereocenters. The van der Waals surface area contributed by atoms with E-state index < -0.39 is 11.0 Å². The van der Waals surface area contributed by atoms with Crippen molar-refractivity contribution in [1.82, 2.24) is 10.2 Å². The van der Waals surface area contributed by atoms with Crippen LogP contribution >= 0.6 is 0 Å². The van der Waals surface area contributed by atoms with E-state index in [1.165, 1.54) is 25.8 Å². The van der Waals surface area contributed by atoms with Gasteiger partial charge in [0.25, 0.3) is 0 Å². The number of carbonyl (C=O) groups is 1. The van der Waals surface area contributed by atoms with Crippen molar-refractivity contribution in [3.63, 3.8) is 0 Å². The van der Waals surface area contributed by atoms with Crippen LogP contribution in [0.5, 0.6) is 0 Å². The molecule has 0 aromatic rings. The third-order valence-corrected chi connectivity index (χ3v) is 5.11. The molecular formula is C15H29N3O. The van der Waals surface area contributed by atoms with Crippen LogP contribution in [-0.4, -0.2) is 42.0 Å². The molecule has 4 nitrogen and oxygen atoms in total. The monoisotopic (exact) mass is 267 g/mol. The molecule has 1 saturated heterocycles. The van der Waals surface area contributed by atoms with E-state index in [9.17, 15) is 4.79 Å². The largest absolute Gasteiger partial charge is 0.355 e. The van der Waals surface area contributed by atoms with Crippen LogP contribution in [0.15, 0.2) is 0 Å². The predicted octanol–water partition coefficient (Wildman–Crippen LogP) is 1.35. The smallest absolute Gasteiger partial charge is 0.227 e. The Morgan fingerprint density at radius 3 is 2.42 bits per heavy atom. The zero-order chi connectivity index (χ0) is 14.3. The van der Waals surface area contributed by atoms with Gasteiger partial charge in [0, 0.05) is 24.7 Å². The molecule has 0 aromatic carbocycles. The lowest BCUT2D eigenvalue weighted by Crippen LogP contribution is -2.56. The molecule has 1 saturated carbocycles. The summed E-state index contributed by atoms with van der Waals surface area (Å²) in [5.41, 5.74) is 5.05. The van der Waals surface area contributed by atoms with Crippen LogP contribution in [0, 0.1) is 11.3 Å². The molecular weight excluding hydrogens is 238 g/mol. The SMILES string of the molecule is CC(C)(N)C(C)(C)C(=O)NCC1CCN(C2CC2)C1. The molecule has 0 aromatic heterocycles. The number of nitrogens with two attached hydrogens (primary N) is 1. The van der Waals surface area contributed by atoms with Crippen molar-refractivity contribution in [3.05, 3.63) is 0 Å². The second-order valence-electron chi connectivity index (χ2n) is 7.44. The van der Waals surface area contributed by atoms with E-state index in [0.29, 0.717) is 5.92 Å². The molecule has 0 radical (unpaired) electrons. The van der Waals surface area contributed by atoms with E-state index in [0.717, 1.165) is 19.1 Å². The summed E-state index contributed by atoms with van der Waals surface area (Å²) in [4.78, 5) is 14.9. The lowest BCUT2D eigenvalue weighted by molar-refractivity contribution is -0.132. The summed E-state index contributed by atoms with van der Waals surface area (Å²) in [5.74, 6) is 0.686. The van der Waals surface area contributed by atoms with Crippen molar-refractivity contribution in [3.8, 4) is 0 Å². The number of hydrogen-bond acceptors (Lipinski definition) is 3. The Morgan fingerprint density at radius 2 is 1.89 bits per heavy atom. The fourth-order valence-corrected chi connectivity index (χ4v) is 2.55. The minimum atomic E-state index is -0.540. The average Bonchev–Trinajstić information content (AvgIpc) is 3.04. The Labute approximate surface area is 117 Å². The quantitative estimate of drug-likeness (QED) is 0.790. The lowest BCUT2D eigenvalue weighted by Gasteiger charge is -2.37. The number of hydrogen-bond donors (Lipinski definition) is 2. The van der Waals surface area contributed by atoms with Crippen LogP contribution in [0.25, 0.3) is 0 Å². The second-order valence-corrected chi connectivity index (χ2v) is 7.44. The van der Waals surface area contributed by atoms with Crippen molar-refractivity contribution in [1.29, 1.82) is 0 Å². The van der Waals surface area contributed by atoms with Gasteiger partial charge in [0.15, 0.2) is 0 Å². The molecule has 2 rings (SSSR count). The van der Waals surface area contributed by atoms with E-state index in [1.807, 2.05) is 27.7 Å². The van der Waals surface area contributed by atoms with Gasteiger partial charge in [-0.15, -0.1) is 0 Å². The van der Waals surface area contributed by atoms with Gasteiger partial charge in [0.2, 0.25) is 5.91 Å². The van der Waals surface area contributed by atoms with Crippen LogP contribution in [0.4, 0.5) is 0 Å². The molecule has 0 spiro atoms. The highest BCUT2D eigenvalue weighted by atomic mass is 16.2. The van der Waals surface area contributed by atoms with Gasteiger partial charge < -0.3 is 16.0 Å². The average molecular weight is 267 g/mol. The highest BCUT2D eigenvalue weighted by molar-refractivity contribution is 5.83. The molecule has 19 heavy (non-hydrogen) atoms. The molecule has 0 bridgehead atoms. The van der Waals surface area contributed by atoms with Gasteiger partial charge in [0.1, 0.15) is 0 Å². The minimum Gasteiger partial charge on any atom is -0.355 e. The van der Waals surface area contributed by atoms with Crippen molar-refractivity contribution in [2.75, 3.05) is 19.6 Å². The summed E-state index contributed by atoms with van der Waals surface area (Å²) in [6.45, 7) is 10.8. The highest BCUT2D eigenvalue weighted by Crippen LogP contribution is 2.32. The molecule has 1 aliphatic heterocycles. The van der Waals surface area contributed by atoms with Crippen LogP contribution in [0.3, 0.4) is 0 Å². The van der Waals surface area contributed by atoms with E-state index in [1.54, 1.807) is 0 Å². The van der Waals surface area contributed by atoms with Gasteiger partial charge in [-0.1, -0.05) is 0 Å². The normalized spacial score (nSPS) is 25.6. The Balaban J connectivity index is 1.77. The van der Waals surface area contributed by atoms with Crippen LogP contribution in [-0.2, 0) is 4.79 Å². The first-order valence-corrected chi connectivity index (χ1v) is 7.53. The number of amides is 1. The third-order valence-electron chi connectivity index (χ3n) is 5.11. The first-order valence-electron chi connectivity index (χ1n) is 7.53. The van der Waals surface area contributed by atoms with Gasteiger partial charge >= 0.3 is 0 Å². The molecule has 1 heterocycles. The van der Waals surface area contributed by atoms with E-state index in [4.69, 9.17) is 5.73 Å². The Bertz CT molecular complexity index is 342. The minimum absolute atomic E-state index is 0.0740. The molecule has 1 aliphatic carbocycles. The van der Waals surface area contributed by atoms with E-state index in [2.05, 4.69) is 10.2 Å². The van der Waals surface area contributed by atoms with Crippen molar-refractivity contribution >= 4 is 5.91 Å². The second kappa shape index (κ2) is 5.06. The topological polar surface area (TPSA) is 58.4 Å². The molecule has 2 aliphatic rings. The van der Waals surface area contributed by atoms with Gasteiger partial charge in [-0.2, -0.15) is 0 Å². The van der Waals surface area contributed by atoms with Gasteiger partial charge in [0.05, 0.1) is 5.41 Å². The fraction of sp³-hybridized carbons (Fsp3) is 0.933. The summed E-state index contributed by atoms with van der Waals surface area (Å²) < 4.78 is 0. The Morgan fingerprint density at radius 1 is 1.26 bits per heavy atom. The summed E-state index contributed by atoms with van der Waals surface area (Å²) in [5, 5.41) is 3.11. The number of nitrogens with one attached hydrogen (secondary N) is 1. The molecule has 3 N–H and O–H groups in total. The Kier molecular flexibility index (Phi) is 3.94. The number of rotatable bonds is 5. The highest BCUT2D eigenvalue weighted by Gasteiger charge is 2.41. The molecule has 4 heteroatoms.